The first kappa shape index (κ1) is 14.4. The van der Waals surface area contributed by atoms with Crippen molar-refractivity contribution < 1.29 is 0 Å². The van der Waals surface area contributed by atoms with Gasteiger partial charge in [-0.15, -0.1) is 0 Å². The highest BCUT2D eigenvalue weighted by molar-refractivity contribution is 5.18. The van der Waals surface area contributed by atoms with Crippen LogP contribution < -0.4 is 5.32 Å². The zero-order chi connectivity index (χ0) is 13.7. The number of nitrogens with zero attached hydrogens (tertiary/aromatic N) is 3. The summed E-state index contributed by atoms with van der Waals surface area (Å²) in [6, 6.07) is 0.316. The normalized spacial score (nSPS) is 19.8. The second kappa shape index (κ2) is 6.44. The van der Waals surface area contributed by atoms with Crippen LogP contribution in [0.3, 0.4) is 0 Å². The van der Waals surface area contributed by atoms with Gasteiger partial charge in [0.05, 0.1) is 6.04 Å². The van der Waals surface area contributed by atoms with Crippen LogP contribution in [-0.4, -0.2) is 40.5 Å². The van der Waals surface area contributed by atoms with Crippen molar-refractivity contribution in [3.8, 4) is 0 Å². The van der Waals surface area contributed by atoms with Gasteiger partial charge in [0, 0.05) is 23.5 Å². The molecule has 1 aliphatic rings. The molecule has 0 spiro atoms. The van der Waals surface area contributed by atoms with Crippen LogP contribution in [-0.2, 0) is 0 Å². The molecule has 19 heavy (non-hydrogen) atoms. The lowest BCUT2D eigenvalue weighted by Crippen LogP contribution is -2.54. The minimum atomic E-state index is 0.225. The van der Waals surface area contributed by atoms with Gasteiger partial charge in [0.1, 0.15) is 6.33 Å². The number of rotatable bonds is 6. The molecule has 0 aliphatic heterocycles. The van der Waals surface area contributed by atoms with E-state index in [-0.39, 0.29) is 5.54 Å². The van der Waals surface area contributed by atoms with E-state index in [0.29, 0.717) is 6.04 Å². The van der Waals surface area contributed by atoms with E-state index in [1.54, 1.807) is 6.33 Å². The first-order chi connectivity index (χ1) is 9.28. The predicted octanol–water partition coefficient (Wildman–Crippen LogP) is 2.39. The first-order valence-corrected chi connectivity index (χ1v) is 7.45. The van der Waals surface area contributed by atoms with Gasteiger partial charge >= 0.3 is 0 Å². The maximum Gasteiger partial charge on any atom is 0.115 e. The summed E-state index contributed by atoms with van der Waals surface area (Å²) in [6.45, 7) is 6.72. The maximum atomic E-state index is 4.20. The van der Waals surface area contributed by atoms with Crippen molar-refractivity contribution in [2.75, 3.05) is 20.1 Å². The van der Waals surface area contributed by atoms with Gasteiger partial charge in [-0.1, -0.05) is 26.7 Å². The Morgan fingerprint density at radius 1 is 1.21 bits per heavy atom. The highest BCUT2D eigenvalue weighted by Crippen LogP contribution is 2.44. The van der Waals surface area contributed by atoms with E-state index in [2.05, 4.69) is 41.1 Å². The van der Waals surface area contributed by atoms with E-state index in [4.69, 9.17) is 0 Å². The standard InChI is InChI=1S/C15H26N4/c1-4-19(5-2)15(8-6-7-9-15)14(16-3)13-10-17-12-18-11-13/h10-12,14,16H,4-9H2,1-3H3. The second-order valence-corrected chi connectivity index (χ2v) is 5.38. The molecule has 1 atom stereocenters. The average molecular weight is 262 g/mol. The average Bonchev–Trinajstić information content (AvgIpc) is 2.92. The molecule has 1 unspecified atom stereocenters. The Morgan fingerprint density at radius 2 is 1.79 bits per heavy atom. The van der Waals surface area contributed by atoms with Gasteiger partial charge in [-0.2, -0.15) is 0 Å². The zero-order valence-electron chi connectivity index (χ0n) is 12.4. The van der Waals surface area contributed by atoms with Gasteiger partial charge in [-0.3, -0.25) is 4.90 Å². The van der Waals surface area contributed by atoms with Gasteiger partial charge in [-0.25, -0.2) is 9.97 Å². The fraction of sp³-hybridized carbons (Fsp3) is 0.733. The summed E-state index contributed by atoms with van der Waals surface area (Å²) in [5, 5.41) is 3.53. The number of hydrogen-bond donors (Lipinski definition) is 1. The highest BCUT2D eigenvalue weighted by atomic mass is 15.2. The largest absolute Gasteiger partial charge is 0.311 e. The Balaban J connectivity index is 2.36. The Hall–Kier alpha value is -1.00. The molecule has 0 saturated heterocycles. The lowest BCUT2D eigenvalue weighted by atomic mass is 9.82. The molecule has 106 valence electrons. The molecule has 0 amide bonds. The third kappa shape index (κ3) is 2.65. The van der Waals surface area contributed by atoms with E-state index >= 15 is 0 Å². The van der Waals surface area contributed by atoms with Crippen LogP contribution in [0, 0.1) is 0 Å². The summed E-state index contributed by atoms with van der Waals surface area (Å²) in [7, 11) is 2.06. The second-order valence-electron chi connectivity index (χ2n) is 5.38. The van der Waals surface area contributed by atoms with E-state index < -0.39 is 0 Å². The van der Waals surface area contributed by atoms with Gasteiger partial charge < -0.3 is 5.32 Å². The monoisotopic (exact) mass is 262 g/mol. The number of aromatic nitrogens is 2. The molecular formula is C15H26N4. The molecule has 0 radical (unpaired) electrons. The van der Waals surface area contributed by atoms with E-state index in [0.717, 1.165) is 13.1 Å². The lowest BCUT2D eigenvalue weighted by molar-refractivity contribution is 0.0653. The lowest BCUT2D eigenvalue weighted by Gasteiger charge is -2.46. The van der Waals surface area contributed by atoms with Crippen LogP contribution >= 0.6 is 0 Å². The third-order valence-electron chi connectivity index (χ3n) is 4.60. The van der Waals surface area contributed by atoms with Crippen molar-refractivity contribution in [3.05, 3.63) is 24.3 Å². The van der Waals surface area contributed by atoms with Gasteiger partial charge in [0.2, 0.25) is 0 Å². The number of hydrogen-bond acceptors (Lipinski definition) is 4. The topological polar surface area (TPSA) is 41.0 Å². The van der Waals surface area contributed by atoms with Crippen molar-refractivity contribution in [2.45, 2.75) is 51.1 Å². The van der Waals surface area contributed by atoms with Gasteiger partial charge in [-0.05, 0) is 33.0 Å². The van der Waals surface area contributed by atoms with Gasteiger partial charge in [0.15, 0.2) is 0 Å². The molecule has 1 aromatic rings. The molecule has 4 nitrogen and oxygen atoms in total. The molecule has 1 aliphatic carbocycles. The van der Waals surface area contributed by atoms with Gasteiger partial charge in [0.25, 0.3) is 0 Å². The predicted molar refractivity (Wildman–Crippen MR) is 78.0 cm³/mol. The summed E-state index contributed by atoms with van der Waals surface area (Å²) in [5.74, 6) is 0. The van der Waals surface area contributed by atoms with Crippen molar-refractivity contribution in [3.63, 3.8) is 0 Å². The molecule has 1 heterocycles. The zero-order valence-corrected chi connectivity index (χ0v) is 12.4. The van der Waals surface area contributed by atoms with Crippen LogP contribution in [0.25, 0.3) is 0 Å². The summed E-state index contributed by atoms with van der Waals surface area (Å²) >= 11 is 0. The van der Waals surface area contributed by atoms with Crippen molar-refractivity contribution >= 4 is 0 Å². The minimum absolute atomic E-state index is 0.225. The summed E-state index contributed by atoms with van der Waals surface area (Å²) < 4.78 is 0. The molecule has 1 N–H and O–H groups in total. The van der Waals surface area contributed by atoms with Crippen LogP contribution in [0.2, 0.25) is 0 Å². The molecular weight excluding hydrogens is 236 g/mol. The molecule has 1 saturated carbocycles. The Bertz CT molecular complexity index is 369. The van der Waals surface area contributed by atoms with Crippen molar-refractivity contribution in [1.82, 2.24) is 20.2 Å². The van der Waals surface area contributed by atoms with E-state index in [9.17, 15) is 0 Å². The molecule has 0 aromatic carbocycles. The van der Waals surface area contributed by atoms with Crippen LogP contribution in [0.4, 0.5) is 0 Å². The molecule has 1 aromatic heterocycles. The van der Waals surface area contributed by atoms with Crippen molar-refractivity contribution in [2.24, 2.45) is 0 Å². The fourth-order valence-corrected chi connectivity index (χ4v) is 3.83. The van der Waals surface area contributed by atoms with E-state index in [1.807, 2.05) is 12.4 Å². The highest BCUT2D eigenvalue weighted by Gasteiger charge is 2.45. The number of nitrogens with one attached hydrogen (secondary N) is 1. The summed E-state index contributed by atoms with van der Waals surface area (Å²) in [5.41, 5.74) is 1.43. The Morgan fingerprint density at radius 3 is 2.26 bits per heavy atom. The van der Waals surface area contributed by atoms with E-state index in [1.165, 1.54) is 31.2 Å². The fourth-order valence-electron chi connectivity index (χ4n) is 3.83. The number of likely N-dealkylation sites (N-methyl/N-ethyl adjacent to an activating group) is 2. The minimum Gasteiger partial charge on any atom is -0.311 e. The summed E-state index contributed by atoms with van der Waals surface area (Å²) in [6.07, 6.45) is 10.7. The van der Waals surface area contributed by atoms with Crippen LogP contribution in [0.1, 0.15) is 51.1 Å². The van der Waals surface area contributed by atoms with Crippen LogP contribution in [0.15, 0.2) is 18.7 Å². The SMILES string of the molecule is CCN(CC)C1(C(NC)c2cncnc2)CCCC1. The van der Waals surface area contributed by atoms with Crippen molar-refractivity contribution in [1.29, 1.82) is 0 Å². The first-order valence-electron chi connectivity index (χ1n) is 7.45. The quantitative estimate of drug-likeness (QED) is 0.854. The molecule has 1 fully saturated rings. The maximum absolute atomic E-state index is 4.20. The smallest absolute Gasteiger partial charge is 0.115 e. The van der Waals surface area contributed by atoms with Crippen LogP contribution in [0.5, 0.6) is 0 Å². The molecule has 0 bridgehead atoms. The third-order valence-corrected chi connectivity index (χ3v) is 4.60. The molecule has 4 heteroatoms. The molecule has 2 rings (SSSR count). The summed E-state index contributed by atoms with van der Waals surface area (Å²) in [4.78, 5) is 11.0. The Kier molecular flexibility index (Phi) is 4.88. The Labute approximate surface area is 116 Å².